The van der Waals surface area contributed by atoms with Crippen molar-refractivity contribution >= 4 is 39.4 Å². The van der Waals surface area contributed by atoms with Gasteiger partial charge < -0.3 is 10.5 Å². The number of methoxy groups -OCH3 is 1. The summed E-state index contributed by atoms with van der Waals surface area (Å²) in [5.74, 6) is 0.506. The number of fused-ring (bicyclic) bond motifs is 1. The van der Waals surface area contributed by atoms with Crippen molar-refractivity contribution < 1.29 is 4.74 Å². The van der Waals surface area contributed by atoms with Crippen molar-refractivity contribution in [3.05, 3.63) is 10.0 Å². The molecular formula is C12H16IN5O. The molecule has 0 spiro atoms. The molecule has 1 saturated carbocycles. The normalized spacial score (nSPS) is 23.9. The Labute approximate surface area is 124 Å². The van der Waals surface area contributed by atoms with Crippen LogP contribution >= 0.6 is 22.6 Å². The first kappa shape index (κ1) is 13.0. The highest BCUT2D eigenvalue weighted by Crippen LogP contribution is 2.33. The van der Waals surface area contributed by atoms with E-state index in [1.54, 1.807) is 7.11 Å². The van der Waals surface area contributed by atoms with Crippen molar-refractivity contribution in [3.63, 3.8) is 0 Å². The molecule has 1 aliphatic carbocycles. The van der Waals surface area contributed by atoms with Crippen LogP contribution in [-0.2, 0) is 4.74 Å². The summed E-state index contributed by atoms with van der Waals surface area (Å²) in [6, 6.07) is 0.381. The Kier molecular flexibility index (Phi) is 3.57. The number of nitrogens with zero attached hydrogens (tertiary/aromatic N) is 4. The minimum Gasteiger partial charge on any atom is -0.383 e. The second-order valence-electron chi connectivity index (χ2n) is 4.86. The van der Waals surface area contributed by atoms with Crippen molar-refractivity contribution in [3.8, 4) is 0 Å². The van der Waals surface area contributed by atoms with Gasteiger partial charge in [0.15, 0.2) is 5.65 Å². The number of rotatable bonds is 2. The summed E-state index contributed by atoms with van der Waals surface area (Å²) < 4.78 is 8.30. The van der Waals surface area contributed by atoms with Gasteiger partial charge in [0.1, 0.15) is 15.8 Å². The maximum atomic E-state index is 5.91. The Morgan fingerprint density at radius 3 is 2.74 bits per heavy atom. The van der Waals surface area contributed by atoms with E-state index in [1.165, 1.54) is 6.33 Å². The Hall–Kier alpha value is -0.960. The zero-order valence-corrected chi connectivity index (χ0v) is 12.9. The fourth-order valence-corrected chi connectivity index (χ4v) is 3.48. The van der Waals surface area contributed by atoms with Gasteiger partial charge in [0.25, 0.3) is 0 Å². The van der Waals surface area contributed by atoms with Crippen molar-refractivity contribution in [2.24, 2.45) is 0 Å². The third kappa shape index (κ3) is 2.29. The first-order chi connectivity index (χ1) is 9.20. The summed E-state index contributed by atoms with van der Waals surface area (Å²) in [6.45, 7) is 0. The predicted molar refractivity (Wildman–Crippen MR) is 80.8 cm³/mol. The van der Waals surface area contributed by atoms with Crippen LogP contribution in [0.5, 0.6) is 0 Å². The maximum Gasteiger partial charge on any atom is 0.164 e. The molecule has 102 valence electrons. The number of halogens is 1. The van der Waals surface area contributed by atoms with Gasteiger partial charge in [-0.3, -0.25) is 0 Å². The third-order valence-electron chi connectivity index (χ3n) is 3.80. The molecule has 1 aliphatic rings. The summed E-state index contributed by atoms with van der Waals surface area (Å²) in [4.78, 5) is 8.39. The monoisotopic (exact) mass is 373 g/mol. The lowest BCUT2D eigenvalue weighted by molar-refractivity contribution is 0.0573. The zero-order valence-electron chi connectivity index (χ0n) is 10.7. The molecule has 1 fully saturated rings. The van der Waals surface area contributed by atoms with Gasteiger partial charge in [-0.2, -0.15) is 5.10 Å². The minimum absolute atomic E-state index is 0.381. The fraction of sp³-hybridized carbons (Fsp3) is 0.583. The zero-order chi connectivity index (χ0) is 13.4. The predicted octanol–water partition coefficient (Wildman–Crippen LogP) is 2.14. The smallest absolute Gasteiger partial charge is 0.164 e. The molecule has 2 N–H and O–H groups in total. The highest BCUT2D eigenvalue weighted by atomic mass is 127. The molecule has 0 bridgehead atoms. The average Bonchev–Trinajstić information content (AvgIpc) is 2.78. The fourth-order valence-electron chi connectivity index (χ4n) is 2.73. The van der Waals surface area contributed by atoms with E-state index in [9.17, 15) is 0 Å². The van der Waals surface area contributed by atoms with Crippen LogP contribution in [0.25, 0.3) is 11.0 Å². The van der Waals surface area contributed by atoms with Crippen molar-refractivity contribution in [2.75, 3.05) is 12.8 Å². The highest BCUT2D eigenvalue weighted by Gasteiger charge is 2.25. The summed E-state index contributed by atoms with van der Waals surface area (Å²) in [6.07, 6.45) is 6.16. The number of aromatic nitrogens is 4. The topological polar surface area (TPSA) is 78.9 Å². The number of nitrogens with two attached hydrogens (primary N) is 1. The van der Waals surface area contributed by atoms with E-state index in [0.717, 1.165) is 40.4 Å². The lowest BCUT2D eigenvalue weighted by Crippen LogP contribution is -2.23. The molecule has 0 unspecified atom stereocenters. The third-order valence-corrected chi connectivity index (χ3v) is 4.55. The largest absolute Gasteiger partial charge is 0.383 e. The lowest BCUT2D eigenvalue weighted by Gasteiger charge is -2.27. The van der Waals surface area contributed by atoms with Crippen LogP contribution in [0, 0.1) is 3.70 Å². The van der Waals surface area contributed by atoms with Gasteiger partial charge >= 0.3 is 0 Å². The lowest BCUT2D eigenvalue weighted by atomic mass is 9.93. The van der Waals surface area contributed by atoms with Gasteiger partial charge in [-0.1, -0.05) is 0 Å². The van der Waals surface area contributed by atoms with E-state index >= 15 is 0 Å². The summed E-state index contributed by atoms with van der Waals surface area (Å²) in [5, 5.41) is 5.48. The van der Waals surface area contributed by atoms with Crippen LogP contribution in [0.1, 0.15) is 31.7 Å². The Morgan fingerprint density at radius 1 is 1.32 bits per heavy atom. The molecule has 2 aromatic heterocycles. The van der Waals surface area contributed by atoms with Crippen molar-refractivity contribution in [1.29, 1.82) is 0 Å². The van der Waals surface area contributed by atoms with Gasteiger partial charge in [-0.05, 0) is 48.3 Å². The molecule has 0 aromatic carbocycles. The Morgan fingerprint density at radius 2 is 2.05 bits per heavy atom. The number of nitrogen functional groups attached to an aromatic ring is 1. The molecule has 0 aliphatic heterocycles. The van der Waals surface area contributed by atoms with Crippen LogP contribution in [0.2, 0.25) is 0 Å². The molecule has 0 atom stereocenters. The summed E-state index contributed by atoms with van der Waals surface area (Å²) >= 11 is 2.20. The van der Waals surface area contributed by atoms with E-state index in [4.69, 9.17) is 10.5 Å². The van der Waals surface area contributed by atoms with E-state index in [1.807, 2.05) is 4.68 Å². The molecule has 0 radical (unpaired) electrons. The Bertz CT molecular complexity index is 591. The molecule has 0 amide bonds. The first-order valence-corrected chi connectivity index (χ1v) is 7.45. The van der Waals surface area contributed by atoms with Crippen LogP contribution in [0.3, 0.4) is 0 Å². The quantitative estimate of drug-likeness (QED) is 0.817. The van der Waals surface area contributed by atoms with Crippen LogP contribution < -0.4 is 5.73 Å². The van der Waals surface area contributed by atoms with E-state index in [-0.39, 0.29) is 0 Å². The van der Waals surface area contributed by atoms with E-state index in [0.29, 0.717) is 18.0 Å². The second-order valence-corrected chi connectivity index (χ2v) is 5.88. The minimum atomic E-state index is 0.381. The van der Waals surface area contributed by atoms with E-state index in [2.05, 4.69) is 37.7 Å². The van der Waals surface area contributed by atoms with Crippen LogP contribution in [0.15, 0.2) is 6.33 Å². The molecule has 7 heteroatoms. The molecule has 19 heavy (non-hydrogen) atoms. The Balaban J connectivity index is 1.96. The van der Waals surface area contributed by atoms with Crippen LogP contribution in [0.4, 0.5) is 5.82 Å². The van der Waals surface area contributed by atoms with Gasteiger partial charge in [-0.25, -0.2) is 14.6 Å². The summed E-state index contributed by atoms with van der Waals surface area (Å²) in [7, 11) is 1.78. The van der Waals surface area contributed by atoms with Crippen molar-refractivity contribution in [1.82, 2.24) is 19.7 Å². The standard InChI is InChI=1S/C12H16IN5O/c1-19-8-4-2-7(3-5-8)18-12-9(10(13)17-18)11(14)15-6-16-12/h6-8H,2-5H2,1H3,(H2,14,15,16). The molecule has 2 heterocycles. The van der Waals surface area contributed by atoms with E-state index < -0.39 is 0 Å². The summed E-state index contributed by atoms with van der Waals surface area (Å²) in [5.41, 5.74) is 6.76. The number of hydrogen-bond donors (Lipinski definition) is 1. The number of hydrogen-bond acceptors (Lipinski definition) is 5. The molecule has 3 rings (SSSR count). The van der Waals surface area contributed by atoms with Gasteiger partial charge in [-0.15, -0.1) is 0 Å². The van der Waals surface area contributed by atoms with Crippen molar-refractivity contribution in [2.45, 2.75) is 37.8 Å². The maximum absolute atomic E-state index is 5.91. The van der Waals surface area contributed by atoms with Gasteiger partial charge in [0.05, 0.1) is 17.5 Å². The van der Waals surface area contributed by atoms with Gasteiger partial charge in [0, 0.05) is 7.11 Å². The first-order valence-electron chi connectivity index (χ1n) is 6.37. The van der Waals surface area contributed by atoms with Gasteiger partial charge in [0.2, 0.25) is 0 Å². The SMILES string of the molecule is COC1CCC(n2nc(I)c3c(N)ncnc32)CC1. The number of ether oxygens (including phenoxy) is 1. The second kappa shape index (κ2) is 5.20. The average molecular weight is 373 g/mol. The highest BCUT2D eigenvalue weighted by molar-refractivity contribution is 14.1. The molecular weight excluding hydrogens is 357 g/mol. The van der Waals surface area contributed by atoms with Crippen LogP contribution in [-0.4, -0.2) is 33.0 Å². The number of anilines is 1. The molecule has 2 aromatic rings. The molecule has 0 saturated heterocycles. The molecule has 6 nitrogen and oxygen atoms in total.